The summed E-state index contributed by atoms with van der Waals surface area (Å²) in [5, 5.41) is 13.2. The number of hydrogen-bond donors (Lipinski definition) is 1. The predicted octanol–water partition coefficient (Wildman–Crippen LogP) is 5.67. The molecule has 3 aromatic rings. The van der Waals surface area contributed by atoms with E-state index < -0.39 is 12.6 Å². The van der Waals surface area contributed by atoms with Crippen molar-refractivity contribution in [3.8, 4) is 16.9 Å². The summed E-state index contributed by atoms with van der Waals surface area (Å²) in [4.78, 5) is 15.1. The van der Waals surface area contributed by atoms with Gasteiger partial charge in [-0.05, 0) is 52.6 Å². The maximum Gasteiger partial charge on any atom is 0.344 e. The number of carbonyl (C=O) groups is 1. The maximum absolute atomic E-state index is 10.4. The number of nitrogens with zero attached hydrogens (tertiary/aromatic N) is 1. The minimum absolute atomic E-state index is 0.369. The summed E-state index contributed by atoms with van der Waals surface area (Å²) >= 11 is 12.0. The molecule has 0 aliphatic carbocycles. The van der Waals surface area contributed by atoms with Gasteiger partial charge in [-0.3, -0.25) is 0 Å². The number of carboxylic acid groups (broad SMARTS) is 1. The quantitative estimate of drug-likeness (QED) is 0.369. The van der Waals surface area contributed by atoms with E-state index in [1.807, 2.05) is 54.6 Å². The third-order valence-electron chi connectivity index (χ3n) is 3.91. The zero-order valence-electron chi connectivity index (χ0n) is 15.2. The Hall–Kier alpha value is -3.02. The lowest BCUT2D eigenvalue weighted by Crippen LogP contribution is -2.03. The first-order chi connectivity index (χ1) is 14.0. The van der Waals surface area contributed by atoms with Crippen LogP contribution < -0.4 is 4.74 Å². The standard InChI is InChI=1S/C22H17Cl2NO4/c23-20-8-7-16(10-21(20)24)13-28-19-6-2-5-18(11-19)17-4-1-3-15(9-17)12-25-29-14-22(26)27/h1-12H,13-14H2,(H,26,27). The number of halogens is 2. The SMILES string of the molecule is O=C(O)CON=Cc1cccc(-c2cccc(OCc3ccc(Cl)c(Cl)c3)c2)c1. The lowest BCUT2D eigenvalue weighted by atomic mass is 10.0. The van der Waals surface area contributed by atoms with Crippen LogP contribution in [0.5, 0.6) is 5.75 Å². The van der Waals surface area contributed by atoms with Crippen molar-refractivity contribution in [1.29, 1.82) is 0 Å². The second kappa shape index (κ2) is 9.96. The molecule has 1 N–H and O–H groups in total. The number of aliphatic carboxylic acids is 1. The molecule has 0 aliphatic rings. The van der Waals surface area contributed by atoms with Crippen molar-refractivity contribution in [2.75, 3.05) is 6.61 Å². The Morgan fingerprint density at radius 1 is 0.966 bits per heavy atom. The fourth-order valence-electron chi connectivity index (χ4n) is 2.55. The number of carboxylic acids is 1. The lowest BCUT2D eigenvalue weighted by Gasteiger charge is -2.09. The van der Waals surface area contributed by atoms with Gasteiger partial charge in [-0.25, -0.2) is 4.79 Å². The predicted molar refractivity (Wildman–Crippen MR) is 114 cm³/mol. The molecule has 3 rings (SSSR count). The van der Waals surface area contributed by atoms with Crippen LogP contribution in [-0.2, 0) is 16.2 Å². The van der Waals surface area contributed by atoms with E-state index in [-0.39, 0.29) is 0 Å². The summed E-state index contributed by atoms with van der Waals surface area (Å²) in [5.41, 5.74) is 3.64. The highest BCUT2D eigenvalue weighted by atomic mass is 35.5. The minimum Gasteiger partial charge on any atom is -0.489 e. The summed E-state index contributed by atoms with van der Waals surface area (Å²) in [5.74, 6) is -0.356. The molecular formula is C22H17Cl2NO4. The highest BCUT2D eigenvalue weighted by Crippen LogP contribution is 2.26. The van der Waals surface area contributed by atoms with Crippen LogP contribution in [0, 0.1) is 0 Å². The van der Waals surface area contributed by atoms with E-state index in [9.17, 15) is 4.79 Å². The Kier molecular flexibility index (Phi) is 7.11. The molecule has 0 fully saturated rings. The normalized spacial score (nSPS) is 10.8. The van der Waals surface area contributed by atoms with Gasteiger partial charge in [0.25, 0.3) is 0 Å². The van der Waals surface area contributed by atoms with Crippen molar-refractivity contribution >= 4 is 35.4 Å². The zero-order valence-corrected chi connectivity index (χ0v) is 16.7. The van der Waals surface area contributed by atoms with E-state index >= 15 is 0 Å². The van der Waals surface area contributed by atoms with Crippen molar-refractivity contribution in [2.45, 2.75) is 6.61 Å². The number of rotatable bonds is 8. The fourth-order valence-corrected chi connectivity index (χ4v) is 2.87. The van der Waals surface area contributed by atoms with E-state index in [1.165, 1.54) is 6.21 Å². The summed E-state index contributed by atoms with van der Waals surface area (Å²) < 4.78 is 5.88. The molecule has 0 spiro atoms. The average molecular weight is 430 g/mol. The van der Waals surface area contributed by atoms with Gasteiger partial charge >= 0.3 is 5.97 Å². The molecule has 0 unspecified atom stereocenters. The van der Waals surface area contributed by atoms with Crippen LogP contribution in [0.15, 0.2) is 71.9 Å². The molecule has 0 amide bonds. The molecule has 7 heteroatoms. The molecule has 0 atom stereocenters. The molecule has 148 valence electrons. The Morgan fingerprint density at radius 2 is 1.72 bits per heavy atom. The first kappa shape index (κ1) is 20.7. The van der Waals surface area contributed by atoms with Crippen molar-refractivity contribution in [3.05, 3.63) is 87.9 Å². The third-order valence-corrected chi connectivity index (χ3v) is 4.65. The molecule has 0 radical (unpaired) electrons. The van der Waals surface area contributed by atoms with Gasteiger partial charge in [0.15, 0.2) is 0 Å². The maximum atomic E-state index is 10.4. The third kappa shape index (κ3) is 6.24. The molecule has 3 aromatic carbocycles. The van der Waals surface area contributed by atoms with E-state index in [2.05, 4.69) is 9.99 Å². The van der Waals surface area contributed by atoms with Gasteiger partial charge in [0.1, 0.15) is 12.4 Å². The minimum atomic E-state index is -1.08. The highest BCUT2D eigenvalue weighted by Gasteiger charge is 2.04. The molecular weight excluding hydrogens is 413 g/mol. The van der Waals surface area contributed by atoms with E-state index in [4.69, 9.17) is 33.0 Å². The summed E-state index contributed by atoms with van der Waals surface area (Å²) in [6.45, 7) is -0.109. The molecule has 0 heterocycles. The second-order valence-corrected chi connectivity index (χ2v) is 6.91. The number of hydrogen-bond acceptors (Lipinski definition) is 4. The fraction of sp³-hybridized carbons (Fsp3) is 0.0909. The van der Waals surface area contributed by atoms with Gasteiger partial charge in [-0.2, -0.15) is 0 Å². The Morgan fingerprint density at radius 3 is 2.48 bits per heavy atom. The zero-order chi connectivity index (χ0) is 20.6. The van der Waals surface area contributed by atoms with Crippen LogP contribution in [-0.4, -0.2) is 23.9 Å². The topological polar surface area (TPSA) is 68.1 Å². The monoisotopic (exact) mass is 429 g/mol. The molecule has 29 heavy (non-hydrogen) atoms. The molecule has 0 saturated carbocycles. The van der Waals surface area contributed by atoms with Crippen LogP contribution in [0.2, 0.25) is 10.0 Å². The van der Waals surface area contributed by atoms with Gasteiger partial charge in [0, 0.05) is 0 Å². The van der Waals surface area contributed by atoms with Gasteiger partial charge in [-0.1, -0.05) is 64.8 Å². The number of ether oxygens (including phenoxy) is 1. The van der Waals surface area contributed by atoms with Crippen LogP contribution in [0.25, 0.3) is 11.1 Å². The number of benzene rings is 3. The van der Waals surface area contributed by atoms with Crippen molar-refractivity contribution in [2.24, 2.45) is 5.16 Å². The first-order valence-electron chi connectivity index (χ1n) is 8.65. The Bertz CT molecular complexity index is 1040. The first-order valence-corrected chi connectivity index (χ1v) is 9.41. The van der Waals surface area contributed by atoms with Crippen LogP contribution in [0.3, 0.4) is 0 Å². The van der Waals surface area contributed by atoms with Crippen LogP contribution >= 0.6 is 23.2 Å². The summed E-state index contributed by atoms with van der Waals surface area (Å²) in [6, 6.07) is 20.7. The van der Waals surface area contributed by atoms with Crippen LogP contribution in [0.4, 0.5) is 0 Å². The Labute approximate surface area is 178 Å². The highest BCUT2D eigenvalue weighted by molar-refractivity contribution is 6.42. The van der Waals surface area contributed by atoms with Crippen molar-refractivity contribution in [1.82, 2.24) is 0 Å². The summed E-state index contributed by atoms with van der Waals surface area (Å²) in [6.07, 6.45) is 1.47. The van der Waals surface area contributed by atoms with E-state index in [1.54, 1.807) is 12.1 Å². The molecule has 0 bridgehead atoms. The average Bonchev–Trinajstić information content (AvgIpc) is 2.72. The molecule has 5 nitrogen and oxygen atoms in total. The molecule has 0 saturated heterocycles. The molecule has 0 aromatic heterocycles. The van der Waals surface area contributed by atoms with Gasteiger partial charge in [0.05, 0.1) is 16.3 Å². The second-order valence-electron chi connectivity index (χ2n) is 6.09. The number of oxime groups is 1. The lowest BCUT2D eigenvalue weighted by molar-refractivity contribution is -0.142. The van der Waals surface area contributed by atoms with Gasteiger partial charge in [0.2, 0.25) is 6.61 Å². The van der Waals surface area contributed by atoms with E-state index in [0.717, 1.165) is 28.0 Å². The van der Waals surface area contributed by atoms with E-state index in [0.29, 0.717) is 16.7 Å². The van der Waals surface area contributed by atoms with Crippen LogP contribution in [0.1, 0.15) is 11.1 Å². The molecule has 0 aliphatic heterocycles. The summed E-state index contributed by atoms with van der Waals surface area (Å²) in [7, 11) is 0. The Balaban J connectivity index is 1.69. The largest absolute Gasteiger partial charge is 0.489 e. The van der Waals surface area contributed by atoms with Crippen molar-refractivity contribution < 1.29 is 19.5 Å². The van der Waals surface area contributed by atoms with Crippen molar-refractivity contribution in [3.63, 3.8) is 0 Å². The van der Waals surface area contributed by atoms with Gasteiger partial charge < -0.3 is 14.7 Å². The smallest absolute Gasteiger partial charge is 0.344 e. The van der Waals surface area contributed by atoms with Gasteiger partial charge in [-0.15, -0.1) is 0 Å².